The fraction of sp³-hybridized carbons (Fsp3) is 0.500. The van der Waals surface area contributed by atoms with Gasteiger partial charge in [-0.05, 0) is 79.9 Å². The van der Waals surface area contributed by atoms with E-state index in [4.69, 9.17) is 20.8 Å². The van der Waals surface area contributed by atoms with Crippen LogP contribution in [0.1, 0.15) is 52.0 Å². The molecule has 1 aliphatic carbocycles. The molecule has 37 heavy (non-hydrogen) atoms. The minimum atomic E-state index is -1.80. The molecule has 3 aromatic rings. The highest BCUT2D eigenvalue weighted by molar-refractivity contribution is 7.97. The zero-order valence-corrected chi connectivity index (χ0v) is 25.1. The van der Waals surface area contributed by atoms with Gasteiger partial charge in [0.25, 0.3) is 0 Å². The highest BCUT2D eigenvalue weighted by Gasteiger charge is 2.40. The van der Waals surface area contributed by atoms with Crippen molar-refractivity contribution in [1.82, 2.24) is 9.97 Å². The number of fused-ring (bicyclic) bond motifs is 1. The number of nitrogens with zero attached hydrogens (tertiary/aromatic N) is 2. The Kier molecular flexibility index (Phi) is 8.73. The van der Waals surface area contributed by atoms with Gasteiger partial charge in [-0.25, -0.2) is 14.4 Å². The second kappa shape index (κ2) is 11.5. The van der Waals surface area contributed by atoms with E-state index in [2.05, 4.69) is 49.1 Å². The summed E-state index contributed by atoms with van der Waals surface area (Å²) >= 11 is 8.28. The lowest BCUT2D eigenvalue weighted by molar-refractivity contribution is 0.0733. The third-order valence-corrected chi connectivity index (χ3v) is 12.9. The highest BCUT2D eigenvalue weighted by atomic mass is 35.5. The molecule has 1 N–H and O–H groups in total. The minimum Gasteiger partial charge on any atom is -0.487 e. The topological polar surface area (TPSA) is 56.3 Å². The molecule has 0 amide bonds. The molecule has 1 saturated carbocycles. The summed E-state index contributed by atoms with van der Waals surface area (Å²) in [5.74, 6) is 1.29. The summed E-state index contributed by atoms with van der Waals surface area (Å²) < 4.78 is 27.6. The van der Waals surface area contributed by atoms with Crippen molar-refractivity contribution < 1.29 is 13.6 Å². The summed E-state index contributed by atoms with van der Waals surface area (Å²) in [4.78, 5) is 9.08. The fourth-order valence-corrected chi connectivity index (χ4v) is 6.42. The van der Waals surface area contributed by atoms with Crippen molar-refractivity contribution in [2.75, 3.05) is 11.6 Å². The maximum atomic E-state index is 14.5. The lowest BCUT2D eigenvalue weighted by Crippen LogP contribution is -2.45. The van der Waals surface area contributed by atoms with Crippen molar-refractivity contribution in [2.24, 2.45) is 0 Å². The lowest BCUT2D eigenvalue weighted by Gasteiger charge is -2.41. The number of aromatic nitrogens is 2. The molecule has 0 atom stereocenters. The number of anilines is 2. The van der Waals surface area contributed by atoms with Gasteiger partial charge in [-0.2, -0.15) is 11.8 Å². The van der Waals surface area contributed by atoms with Crippen molar-refractivity contribution in [3.05, 3.63) is 52.9 Å². The van der Waals surface area contributed by atoms with Crippen LogP contribution < -0.4 is 10.1 Å². The van der Waals surface area contributed by atoms with E-state index in [1.165, 1.54) is 6.07 Å². The first-order chi connectivity index (χ1) is 17.5. The molecule has 0 spiro atoms. The van der Waals surface area contributed by atoms with E-state index in [9.17, 15) is 4.39 Å². The molecule has 1 fully saturated rings. The summed E-state index contributed by atoms with van der Waals surface area (Å²) in [7, 11) is -1.80. The van der Waals surface area contributed by atoms with Gasteiger partial charge in [0.05, 0.1) is 16.8 Å². The van der Waals surface area contributed by atoms with Crippen LogP contribution in [0.25, 0.3) is 10.9 Å². The summed E-state index contributed by atoms with van der Waals surface area (Å²) in [6, 6.07) is 8.73. The van der Waals surface area contributed by atoms with Gasteiger partial charge in [0.15, 0.2) is 14.1 Å². The van der Waals surface area contributed by atoms with Crippen molar-refractivity contribution in [1.29, 1.82) is 0 Å². The number of rotatable bonds is 8. The average molecular weight is 562 g/mol. The molecule has 200 valence electrons. The Balaban J connectivity index is 1.50. The number of hydrogen-bond acceptors (Lipinski definition) is 6. The number of ether oxygens (including phenoxy) is 1. The van der Waals surface area contributed by atoms with E-state index in [0.29, 0.717) is 27.9 Å². The second-order valence-corrected chi connectivity index (χ2v) is 17.3. The largest absolute Gasteiger partial charge is 0.487 e. The van der Waals surface area contributed by atoms with Crippen molar-refractivity contribution in [3.8, 4) is 5.75 Å². The Hall–Kier alpha value is -1.87. The molecule has 9 heteroatoms. The molecule has 0 unspecified atom stereocenters. The Morgan fingerprint density at radius 3 is 2.49 bits per heavy atom. The zero-order valence-electron chi connectivity index (χ0n) is 22.5. The molecule has 0 radical (unpaired) electrons. The van der Waals surface area contributed by atoms with E-state index < -0.39 is 8.32 Å². The van der Waals surface area contributed by atoms with E-state index in [1.807, 2.05) is 18.4 Å². The van der Waals surface area contributed by atoms with E-state index in [0.717, 1.165) is 42.4 Å². The van der Waals surface area contributed by atoms with Crippen LogP contribution in [0.3, 0.4) is 0 Å². The second-order valence-electron chi connectivity index (χ2n) is 11.3. The van der Waals surface area contributed by atoms with Gasteiger partial charge < -0.3 is 14.5 Å². The summed E-state index contributed by atoms with van der Waals surface area (Å²) in [5.41, 5.74) is 1.98. The van der Waals surface area contributed by atoms with Gasteiger partial charge in [-0.1, -0.05) is 38.4 Å². The fourth-order valence-electron chi connectivity index (χ4n) is 4.29. The molecule has 1 aliphatic rings. The highest BCUT2D eigenvalue weighted by Crippen LogP contribution is 2.40. The first-order valence-corrected chi connectivity index (χ1v) is 17.5. The molecule has 1 aromatic heterocycles. The molecule has 2 aromatic carbocycles. The normalized spacial score (nSPS) is 18.7. The Labute approximate surface area is 230 Å². The van der Waals surface area contributed by atoms with Crippen LogP contribution in [0.5, 0.6) is 5.75 Å². The molecular weight excluding hydrogens is 525 g/mol. The molecule has 0 saturated heterocycles. The summed E-state index contributed by atoms with van der Waals surface area (Å²) in [6.07, 6.45) is 7.77. The quantitative estimate of drug-likeness (QED) is 0.277. The summed E-state index contributed by atoms with van der Waals surface area (Å²) in [6.45, 7) is 11.4. The first-order valence-electron chi connectivity index (χ1n) is 12.8. The molecular formula is C28H37ClFN3O2SSi. The SMILES string of the molecule is CSCc1ccc(F)c(Nc2ncc3ccc(Cl)c(OC4CCC(O[Si](C)(C)C(C)(C)C)CC4)c3n2)c1. The van der Waals surface area contributed by atoms with Gasteiger partial charge in [0, 0.05) is 23.4 Å². The number of thioether (sulfide) groups is 1. The third-order valence-electron chi connectivity index (χ3n) is 7.42. The Morgan fingerprint density at radius 1 is 1.11 bits per heavy atom. The number of halogens is 2. The smallest absolute Gasteiger partial charge is 0.227 e. The predicted molar refractivity (Wildman–Crippen MR) is 156 cm³/mol. The molecule has 1 heterocycles. The number of nitrogens with one attached hydrogen (secondary N) is 1. The Morgan fingerprint density at radius 2 is 1.81 bits per heavy atom. The zero-order chi connectivity index (χ0) is 26.8. The van der Waals surface area contributed by atoms with Crippen molar-refractivity contribution in [3.63, 3.8) is 0 Å². The Bertz CT molecular complexity index is 1250. The molecule has 4 rings (SSSR count). The average Bonchev–Trinajstić information content (AvgIpc) is 2.83. The van der Waals surface area contributed by atoms with Gasteiger partial charge in [0.2, 0.25) is 5.95 Å². The van der Waals surface area contributed by atoms with E-state index >= 15 is 0 Å². The van der Waals surface area contributed by atoms with Crippen LogP contribution >= 0.6 is 23.4 Å². The van der Waals surface area contributed by atoms with Gasteiger partial charge in [-0.3, -0.25) is 0 Å². The first kappa shape index (κ1) is 28.1. The minimum absolute atomic E-state index is 0.0365. The van der Waals surface area contributed by atoms with Crippen molar-refractivity contribution >= 4 is 54.2 Å². The number of hydrogen-bond donors (Lipinski definition) is 1. The maximum Gasteiger partial charge on any atom is 0.227 e. The number of benzene rings is 2. The molecule has 5 nitrogen and oxygen atoms in total. The van der Waals surface area contributed by atoms with Crippen LogP contribution in [0.2, 0.25) is 23.2 Å². The third kappa shape index (κ3) is 6.77. The van der Waals surface area contributed by atoms with Gasteiger partial charge >= 0.3 is 0 Å². The van der Waals surface area contributed by atoms with Crippen LogP contribution in [0.15, 0.2) is 36.5 Å². The van der Waals surface area contributed by atoms with Crippen LogP contribution in [-0.2, 0) is 10.2 Å². The maximum absolute atomic E-state index is 14.5. The van der Waals surface area contributed by atoms with Gasteiger partial charge in [-0.15, -0.1) is 0 Å². The van der Waals surface area contributed by atoms with Gasteiger partial charge in [0.1, 0.15) is 11.3 Å². The predicted octanol–water partition coefficient (Wildman–Crippen LogP) is 8.74. The summed E-state index contributed by atoms with van der Waals surface area (Å²) in [5, 5.41) is 4.55. The lowest BCUT2D eigenvalue weighted by atomic mass is 9.95. The molecule has 0 aliphatic heterocycles. The monoisotopic (exact) mass is 561 g/mol. The van der Waals surface area contributed by atoms with Crippen LogP contribution in [0, 0.1) is 5.82 Å². The van der Waals surface area contributed by atoms with Crippen LogP contribution in [-0.4, -0.2) is 36.7 Å². The van der Waals surface area contributed by atoms with E-state index in [1.54, 1.807) is 30.1 Å². The van der Waals surface area contributed by atoms with Crippen molar-refractivity contribution in [2.45, 2.75) is 82.5 Å². The standard InChI is InChI=1S/C28H37ClFN3O2SSi/c1-28(2,3)37(5,6)35-21-11-9-20(10-12-21)34-26-22(29)13-8-19-16-31-27(33-25(19)26)32-24-15-18(17-36-4)7-14-23(24)30/h7-8,13-16,20-21H,9-12,17H2,1-6H3,(H,31,32,33). The van der Waals surface area contributed by atoms with Crippen LogP contribution in [0.4, 0.5) is 16.0 Å². The van der Waals surface area contributed by atoms with E-state index in [-0.39, 0.29) is 23.1 Å². The molecule has 0 bridgehead atoms.